The second kappa shape index (κ2) is 10.6. The van der Waals surface area contributed by atoms with Gasteiger partial charge in [-0.15, -0.1) is 11.3 Å². The number of hydrogen-bond acceptors (Lipinski definition) is 8. The molecule has 2 amide bonds. The zero-order chi connectivity index (χ0) is 24.9. The number of nitrogens with one attached hydrogen (secondary N) is 2. The summed E-state index contributed by atoms with van der Waals surface area (Å²) in [5.41, 5.74) is 1.89. The van der Waals surface area contributed by atoms with E-state index >= 15 is 0 Å². The normalized spacial score (nSPS) is 13.2. The number of thiazole rings is 1. The van der Waals surface area contributed by atoms with Crippen LogP contribution in [0.1, 0.15) is 24.2 Å². The number of amides is 2. The highest BCUT2D eigenvalue weighted by molar-refractivity contribution is 7.14. The number of benzene rings is 2. The molecule has 9 nitrogen and oxygen atoms in total. The molecular formula is C25H27N3O6S. The van der Waals surface area contributed by atoms with Crippen molar-refractivity contribution in [2.45, 2.75) is 19.9 Å². The Morgan fingerprint density at radius 3 is 2.34 bits per heavy atom. The number of ether oxygens (including phenoxy) is 4. The fraction of sp³-hybridized carbons (Fsp3) is 0.320. The number of rotatable bonds is 8. The van der Waals surface area contributed by atoms with E-state index in [2.05, 4.69) is 15.6 Å². The van der Waals surface area contributed by atoms with Gasteiger partial charge in [0.05, 0.1) is 19.9 Å². The molecule has 10 heteroatoms. The molecule has 35 heavy (non-hydrogen) atoms. The number of carbonyl (C=O) groups is 2. The topological polar surface area (TPSA) is 108 Å². The van der Waals surface area contributed by atoms with E-state index in [1.54, 1.807) is 18.2 Å². The summed E-state index contributed by atoms with van der Waals surface area (Å²) < 4.78 is 21.7. The summed E-state index contributed by atoms with van der Waals surface area (Å²) in [5, 5.41) is 7.93. The molecule has 2 N–H and O–H groups in total. The molecule has 0 bridgehead atoms. The van der Waals surface area contributed by atoms with Crippen LogP contribution in [0.4, 0.5) is 5.13 Å². The lowest BCUT2D eigenvalue weighted by Gasteiger charge is -2.21. The van der Waals surface area contributed by atoms with Gasteiger partial charge in [0, 0.05) is 22.6 Å². The van der Waals surface area contributed by atoms with Gasteiger partial charge in [-0.1, -0.05) is 13.8 Å². The van der Waals surface area contributed by atoms with Crippen LogP contribution in [0.15, 0.2) is 41.8 Å². The second-order valence-electron chi connectivity index (χ2n) is 8.18. The van der Waals surface area contributed by atoms with Crippen molar-refractivity contribution in [1.29, 1.82) is 0 Å². The van der Waals surface area contributed by atoms with Crippen molar-refractivity contribution in [3.8, 4) is 34.3 Å². The summed E-state index contributed by atoms with van der Waals surface area (Å²) in [6, 6.07) is 9.69. The van der Waals surface area contributed by atoms with E-state index in [0.717, 1.165) is 5.56 Å². The number of aromatic nitrogens is 1. The molecule has 0 radical (unpaired) electrons. The first kappa shape index (κ1) is 24.3. The number of nitrogens with zero attached hydrogens (tertiary/aromatic N) is 1. The molecule has 1 aliphatic heterocycles. The number of methoxy groups -OCH3 is 2. The lowest BCUT2D eigenvalue weighted by molar-refractivity contribution is -0.118. The third-order valence-electron chi connectivity index (χ3n) is 5.42. The Hall–Kier alpha value is -3.79. The Morgan fingerprint density at radius 1 is 1.00 bits per heavy atom. The minimum atomic E-state index is -0.777. The Kier molecular flexibility index (Phi) is 7.40. The minimum absolute atomic E-state index is 0.163. The van der Waals surface area contributed by atoms with E-state index in [9.17, 15) is 9.59 Å². The Balaban J connectivity index is 1.46. The molecule has 2 heterocycles. The van der Waals surface area contributed by atoms with Gasteiger partial charge in [0.25, 0.3) is 5.91 Å². The summed E-state index contributed by atoms with van der Waals surface area (Å²) in [6.07, 6.45) is 0. The van der Waals surface area contributed by atoms with Gasteiger partial charge in [-0.2, -0.15) is 0 Å². The highest BCUT2D eigenvalue weighted by Gasteiger charge is 2.26. The third-order valence-corrected chi connectivity index (χ3v) is 6.18. The summed E-state index contributed by atoms with van der Waals surface area (Å²) in [7, 11) is 3.02. The molecule has 3 aromatic rings. The average molecular weight is 498 g/mol. The molecule has 184 valence electrons. The predicted octanol–water partition coefficient (Wildman–Crippen LogP) is 3.99. The lowest BCUT2D eigenvalue weighted by atomic mass is 10.0. The second-order valence-corrected chi connectivity index (χ2v) is 9.04. The van der Waals surface area contributed by atoms with Gasteiger partial charge in [0.2, 0.25) is 5.91 Å². The van der Waals surface area contributed by atoms with E-state index in [1.807, 2.05) is 37.4 Å². The molecule has 2 aromatic carbocycles. The summed E-state index contributed by atoms with van der Waals surface area (Å²) in [4.78, 5) is 30.5. The average Bonchev–Trinajstić information content (AvgIpc) is 3.34. The Labute approximate surface area is 207 Å². The highest BCUT2D eigenvalue weighted by Crippen LogP contribution is 2.35. The van der Waals surface area contributed by atoms with Crippen LogP contribution in [0.3, 0.4) is 0 Å². The largest absolute Gasteiger partial charge is 0.497 e. The van der Waals surface area contributed by atoms with Crippen LogP contribution in [0.25, 0.3) is 11.3 Å². The SMILES string of the molecule is COc1cc(OC)cc(C(=O)NC(C(=O)Nc2nc(-c3ccc4c(c3)OCCO4)cs2)C(C)C)c1. The molecule has 0 spiro atoms. The fourth-order valence-corrected chi connectivity index (χ4v) is 4.27. The van der Waals surface area contributed by atoms with Crippen LogP contribution < -0.4 is 29.6 Å². The Bertz CT molecular complexity index is 1200. The van der Waals surface area contributed by atoms with Crippen LogP contribution in [0.5, 0.6) is 23.0 Å². The van der Waals surface area contributed by atoms with E-state index in [0.29, 0.717) is 52.6 Å². The fourth-order valence-electron chi connectivity index (χ4n) is 3.55. The zero-order valence-corrected chi connectivity index (χ0v) is 20.7. The monoisotopic (exact) mass is 497 g/mol. The van der Waals surface area contributed by atoms with Crippen molar-refractivity contribution in [1.82, 2.24) is 10.3 Å². The summed E-state index contributed by atoms with van der Waals surface area (Å²) >= 11 is 1.30. The van der Waals surface area contributed by atoms with E-state index in [1.165, 1.54) is 25.6 Å². The van der Waals surface area contributed by atoms with Gasteiger partial charge in [-0.25, -0.2) is 4.98 Å². The van der Waals surface area contributed by atoms with Crippen LogP contribution >= 0.6 is 11.3 Å². The predicted molar refractivity (Wildman–Crippen MR) is 133 cm³/mol. The Morgan fingerprint density at radius 2 is 1.69 bits per heavy atom. The molecule has 1 aromatic heterocycles. The molecule has 1 aliphatic rings. The van der Waals surface area contributed by atoms with Gasteiger partial charge in [-0.3, -0.25) is 9.59 Å². The molecule has 0 saturated heterocycles. The van der Waals surface area contributed by atoms with E-state index < -0.39 is 11.9 Å². The molecule has 0 saturated carbocycles. The molecule has 0 aliphatic carbocycles. The first-order chi connectivity index (χ1) is 16.9. The van der Waals surface area contributed by atoms with Crippen molar-refractivity contribution in [3.63, 3.8) is 0 Å². The molecule has 1 unspecified atom stereocenters. The maximum atomic E-state index is 13.1. The molecule has 1 atom stereocenters. The molecular weight excluding hydrogens is 470 g/mol. The van der Waals surface area contributed by atoms with Crippen LogP contribution in [-0.2, 0) is 4.79 Å². The van der Waals surface area contributed by atoms with E-state index in [-0.39, 0.29) is 11.8 Å². The van der Waals surface area contributed by atoms with Gasteiger partial charge in [0.1, 0.15) is 30.8 Å². The van der Waals surface area contributed by atoms with Crippen LogP contribution in [-0.4, -0.2) is 50.3 Å². The number of hydrogen-bond donors (Lipinski definition) is 2. The van der Waals surface area contributed by atoms with Gasteiger partial charge >= 0.3 is 0 Å². The summed E-state index contributed by atoms with van der Waals surface area (Å²) in [5.74, 6) is 1.41. The highest BCUT2D eigenvalue weighted by atomic mass is 32.1. The third kappa shape index (κ3) is 5.65. The number of anilines is 1. The van der Waals surface area contributed by atoms with Crippen molar-refractivity contribution in [3.05, 3.63) is 47.3 Å². The molecule has 4 rings (SSSR count). The summed E-state index contributed by atoms with van der Waals surface area (Å²) in [6.45, 7) is 4.75. The van der Waals surface area contributed by atoms with Crippen molar-refractivity contribution < 1.29 is 28.5 Å². The van der Waals surface area contributed by atoms with Crippen molar-refractivity contribution in [2.24, 2.45) is 5.92 Å². The minimum Gasteiger partial charge on any atom is -0.497 e. The van der Waals surface area contributed by atoms with Gasteiger partial charge in [0.15, 0.2) is 16.6 Å². The first-order valence-corrected chi connectivity index (χ1v) is 12.0. The van der Waals surface area contributed by atoms with E-state index in [4.69, 9.17) is 18.9 Å². The van der Waals surface area contributed by atoms with Gasteiger partial charge in [-0.05, 0) is 36.2 Å². The van der Waals surface area contributed by atoms with Crippen LogP contribution in [0, 0.1) is 5.92 Å². The quantitative estimate of drug-likeness (QED) is 0.484. The number of carbonyl (C=O) groups excluding carboxylic acids is 2. The number of fused-ring (bicyclic) bond motifs is 1. The first-order valence-electron chi connectivity index (χ1n) is 11.1. The van der Waals surface area contributed by atoms with Gasteiger partial charge < -0.3 is 29.6 Å². The van der Waals surface area contributed by atoms with Crippen LogP contribution in [0.2, 0.25) is 0 Å². The van der Waals surface area contributed by atoms with Crippen molar-refractivity contribution >= 4 is 28.3 Å². The standard InChI is InChI=1S/C25H27N3O6S/c1-14(2)22(27-23(29)16-9-17(31-3)12-18(10-16)32-4)24(30)28-25-26-19(13-35-25)15-5-6-20-21(11-15)34-8-7-33-20/h5-6,9-14,22H,7-8H2,1-4H3,(H,27,29)(H,26,28,30). The smallest absolute Gasteiger partial charge is 0.252 e. The van der Waals surface area contributed by atoms with Crippen molar-refractivity contribution in [2.75, 3.05) is 32.8 Å². The maximum absolute atomic E-state index is 13.1. The zero-order valence-electron chi connectivity index (χ0n) is 19.9. The lowest BCUT2D eigenvalue weighted by Crippen LogP contribution is -2.47. The maximum Gasteiger partial charge on any atom is 0.252 e. The molecule has 0 fully saturated rings.